The summed E-state index contributed by atoms with van der Waals surface area (Å²) in [6.07, 6.45) is -2.89. The Morgan fingerprint density at radius 3 is 2.07 bits per heavy atom. The Morgan fingerprint density at radius 1 is 0.900 bits per heavy atom. The quantitative estimate of drug-likeness (QED) is 0.805. The first-order valence-electron chi connectivity index (χ1n) is 9.85. The summed E-state index contributed by atoms with van der Waals surface area (Å²) in [6.45, 7) is 3.54. The predicted molar refractivity (Wildman–Crippen MR) is 110 cm³/mol. The van der Waals surface area contributed by atoms with E-state index in [1.165, 1.54) is 11.1 Å². The SMILES string of the molecule is O=C(Nc1ccc(N2CCN(C=CC(F)(F)F)CC2)cc1)N1Cc2ccccc2C1. The summed E-state index contributed by atoms with van der Waals surface area (Å²) in [4.78, 5) is 18.1. The fourth-order valence-corrected chi connectivity index (χ4v) is 3.75. The second-order valence-electron chi connectivity index (χ2n) is 7.48. The summed E-state index contributed by atoms with van der Waals surface area (Å²) in [7, 11) is 0. The molecule has 2 amide bonds. The highest BCUT2D eigenvalue weighted by Gasteiger charge is 2.24. The van der Waals surface area contributed by atoms with Crippen LogP contribution in [0.2, 0.25) is 0 Å². The molecule has 1 N–H and O–H groups in total. The minimum atomic E-state index is -4.28. The number of amides is 2. The molecule has 0 aliphatic carbocycles. The van der Waals surface area contributed by atoms with Crippen molar-refractivity contribution in [2.75, 3.05) is 36.4 Å². The molecule has 2 heterocycles. The molecule has 0 bridgehead atoms. The summed E-state index contributed by atoms with van der Waals surface area (Å²) in [6, 6.07) is 15.5. The van der Waals surface area contributed by atoms with E-state index in [2.05, 4.69) is 10.2 Å². The topological polar surface area (TPSA) is 38.8 Å². The summed E-state index contributed by atoms with van der Waals surface area (Å²) >= 11 is 0. The molecule has 0 atom stereocenters. The summed E-state index contributed by atoms with van der Waals surface area (Å²) in [5.74, 6) is 0. The Labute approximate surface area is 173 Å². The number of benzene rings is 2. The van der Waals surface area contributed by atoms with E-state index in [0.29, 0.717) is 45.0 Å². The van der Waals surface area contributed by atoms with Gasteiger partial charge in [0.15, 0.2) is 0 Å². The van der Waals surface area contributed by atoms with Crippen molar-refractivity contribution in [2.24, 2.45) is 0 Å². The minimum Gasteiger partial charge on any atom is -0.374 e. The smallest absolute Gasteiger partial charge is 0.374 e. The van der Waals surface area contributed by atoms with Crippen LogP contribution in [-0.2, 0) is 13.1 Å². The van der Waals surface area contributed by atoms with Gasteiger partial charge in [0.2, 0.25) is 0 Å². The van der Waals surface area contributed by atoms with Crippen LogP contribution in [0.1, 0.15) is 11.1 Å². The Hall–Kier alpha value is -3.16. The zero-order valence-corrected chi connectivity index (χ0v) is 16.4. The summed E-state index contributed by atoms with van der Waals surface area (Å²) in [5.41, 5.74) is 4.05. The lowest BCUT2D eigenvalue weighted by atomic mass is 10.1. The monoisotopic (exact) mass is 416 g/mol. The fourth-order valence-electron chi connectivity index (χ4n) is 3.75. The van der Waals surface area contributed by atoms with Crippen molar-refractivity contribution in [1.29, 1.82) is 0 Å². The van der Waals surface area contributed by atoms with Crippen molar-refractivity contribution in [2.45, 2.75) is 19.3 Å². The standard InChI is InChI=1S/C22H23F3N4O/c23-22(24,25)9-10-27-11-13-28(14-12-27)20-7-5-19(6-8-20)26-21(30)29-15-17-3-1-2-4-18(17)16-29/h1-10H,11-16H2,(H,26,30). The van der Waals surface area contributed by atoms with Crippen molar-refractivity contribution < 1.29 is 18.0 Å². The maximum atomic E-state index is 12.6. The van der Waals surface area contributed by atoms with Gasteiger partial charge in [0.1, 0.15) is 0 Å². The number of fused-ring (bicyclic) bond motifs is 1. The zero-order valence-electron chi connectivity index (χ0n) is 16.4. The Bertz CT molecular complexity index is 894. The molecular formula is C22H23F3N4O. The molecule has 0 radical (unpaired) electrons. The number of rotatable bonds is 3. The van der Waals surface area contributed by atoms with E-state index in [9.17, 15) is 18.0 Å². The number of nitrogens with one attached hydrogen (secondary N) is 1. The molecule has 5 nitrogen and oxygen atoms in total. The van der Waals surface area contributed by atoms with Crippen LogP contribution in [0.25, 0.3) is 0 Å². The van der Waals surface area contributed by atoms with Crippen LogP contribution in [0.5, 0.6) is 0 Å². The van der Waals surface area contributed by atoms with E-state index in [-0.39, 0.29) is 12.1 Å². The number of nitrogens with zero attached hydrogens (tertiary/aromatic N) is 3. The Kier molecular flexibility index (Phi) is 5.57. The zero-order chi connectivity index (χ0) is 21.1. The van der Waals surface area contributed by atoms with Crippen molar-refractivity contribution in [3.8, 4) is 0 Å². The molecular weight excluding hydrogens is 393 g/mol. The molecule has 2 aliphatic rings. The van der Waals surface area contributed by atoms with Gasteiger partial charge in [-0.1, -0.05) is 24.3 Å². The molecule has 0 aromatic heterocycles. The number of carbonyl (C=O) groups excluding carboxylic acids is 1. The lowest BCUT2D eigenvalue weighted by Gasteiger charge is -2.35. The van der Waals surface area contributed by atoms with Gasteiger partial charge in [0.25, 0.3) is 0 Å². The fraction of sp³-hybridized carbons (Fsp3) is 0.318. The van der Waals surface area contributed by atoms with Gasteiger partial charge in [-0.2, -0.15) is 13.2 Å². The normalized spacial score (nSPS) is 16.8. The van der Waals surface area contributed by atoms with Crippen LogP contribution in [0.3, 0.4) is 0 Å². The van der Waals surface area contributed by atoms with Gasteiger partial charge in [0, 0.05) is 62.9 Å². The molecule has 158 valence electrons. The van der Waals surface area contributed by atoms with Crippen molar-refractivity contribution in [3.63, 3.8) is 0 Å². The van der Waals surface area contributed by atoms with Gasteiger partial charge in [-0.3, -0.25) is 0 Å². The van der Waals surface area contributed by atoms with E-state index < -0.39 is 6.18 Å². The van der Waals surface area contributed by atoms with Crippen LogP contribution < -0.4 is 10.2 Å². The molecule has 2 aromatic rings. The maximum Gasteiger partial charge on any atom is 0.411 e. The lowest BCUT2D eigenvalue weighted by molar-refractivity contribution is -0.0807. The molecule has 4 rings (SSSR count). The average molecular weight is 416 g/mol. The second kappa shape index (κ2) is 8.30. The minimum absolute atomic E-state index is 0.135. The number of piperazine rings is 1. The van der Waals surface area contributed by atoms with Crippen LogP contribution in [-0.4, -0.2) is 48.2 Å². The van der Waals surface area contributed by atoms with E-state index in [4.69, 9.17) is 0 Å². The first-order chi connectivity index (χ1) is 14.4. The highest BCUT2D eigenvalue weighted by molar-refractivity contribution is 5.89. The number of alkyl halides is 3. The Balaban J connectivity index is 1.29. The molecule has 0 unspecified atom stereocenters. The summed E-state index contributed by atoms with van der Waals surface area (Å²) in [5, 5.41) is 2.93. The van der Waals surface area contributed by atoms with Crippen LogP contribution in [0.4, 0.5) is 29.3 Å². The maximum absolute atomic E-state index is 12.6. The predicted octanol–water partition coefficient (Wildman–Crippen LogP) is 4.43. The Morgan fingerprint density at radius 2 is 1.50 bits per heavy atom. The van der Waals surface area contributed by atoms with Gasteiger partial charge in [0.05, 0.1) is 0 Å². The number of allylic oxidation sites excluding steroid dienone is 1. The lowest BCUT2D eigenvalue weighted by Crippen LogP contribution is -2.44. The molecule has 0 spiro atoms. The third-order valence-corrected chi connectivity index (χ3v) is 5.40. The van der Waals surface area contributed by atoms with Crippen LogP contribution >= 0.6 is 0 Å². The third-order valence-electron chi connectivity index (χ3n) is 5.40. The van der Waals surface area contributed by atoms with Gasteiger partial charge in [-0.25, -0.2) is 4.79 Å². The molecule has 1 fully saturated rings. The number of halogens is 3. The third kappa shape index (κ3) is 4.87. The average Bonchev–Trinajstić information content (AvgIpc) is 3.17. The number of carbonyl (C=O) groups is 1. The first-order valence-corrected chi connectivity index (χ1v) is 9.85. The molecule has 1 saturated heterocycles. The highest BCUT2D eigenvalue weighted by atomic mass is 19.4. The van der Waals surface area contributed by atoms with Gasteiger partial charge < -0.3 is 20.0 Å². The molecule has 2 aliphatic heterocycles. The first kappa shape index (κ1) is 20.1. The van der Waals surface area contributed by atoms with Crippen LogP contribution in [0, 0.1) is 0 Å². The second-order valence-corrected chi connectivity index (χ2v) is 7.48. The van der Waals surface area contributed by atoms with Gasteiger partial charge in [-0.15, -0.1) is 0 Å². The van der Waals surface area contributed by atoms with E-state index >= 15 is 0 Å². The van der Waals surface area contributed by atoms with Crippen LogP contribution in [0.15, 0.2) is 60.8 Å². The van der Waals surface area contributed by atoms with Crippen molar-refractivity contribution in [3.05, 3.63) is 71.9 Å². The van der Waals surface area contributed by atoms with Crippen molar-refractivity contribution in [1.82, 2.24) is 9.80 Å². The largest absolute Gasteiger partial charge is 0.411 e. The summed E-state index contributed by atoms with van der Waals surface area (Å²) < 4.78 is 36.9. The molecule has 8 heteroatoms. The number of anilines is 2. The molecule has 30 heavy (non-hydrogen) atoms. The van der Waals surface area contributed by atoms with Gasteiger partial charge in [-0.05, 0) is 35.4 Å². The van der Waals surface area contributed by atoms with E-state index in [1.807, 2.05) is 48.5 Å². The number of urea groups is 1. The van der Waals surface area contributed by atoms with E-state index in [1.54, 1.807) is 9.80 Å². The number of hydrogen-bond donors (Lipinski definition) is 1. The van der Waals surface area contributed by atoms with Gasteiger partial charge >= 0.3 is 12.2 Å². The molecule has 0 saturated carbocycles. The van der Waals surface area contributed by atoms with Crippen molar-refractivity contribution >= 4 is 17.4 Å². The van der Waals surface area contributed by atoms with E-state index in [0.717, 1.165) is 11.9 Å². The molecule has 2 aromatic carbocycles. The highest BCUT2D eigenvalue weighted by Crippen LogP contribution is 2.24. The number of hydrogen-bond acceptors (Lipinski definition) is 3.